The number of hydrogen-bond acceptors (Lipinski definition) is 5. The van der Waals surface area contributed by atoms with Gasteiger partial charge in [0, 0.05) is 6.07 Å². The predicted molar refractivity (Wildman–Crippen MR) is 58.3 cm³/mol. The van der Waals surface area contributed by atoms with Crippen molar-refractivity contribution in [1.82, 2.24) is 0 Å². The Hall–Kier alpha value is -2.51. The molecule has 0 aliphatic heterocycles. The van der Waals surface area contributed by atoms with Gasteiger partial charge in [-0.15, -0.1) is 0 Å². The molecule has 8 heteroatoms. The molecule has 0 bridgehead atoms. The molecule has 0 heterocycles. The molecule has 0 saturated carbocycles. The van der Waals surface area contributed by atoms with Crippen LogP contribution in [0.1, 0.15) is 6.92 Å². The van der Waals surface area contributed by atoms with E-state index >= 15 is 0 Å². The lowest BCUT2D eigenvalue weighted by Crippen LogP contribution is -2.25. The Morgan fingerprint density at radius 2 is 2.17 bits per heavy atom. The Labute approximate surface area is 101 Å². The fourth-order valence-corrected chi connectivity index (χ4v) is 1.09. The number of ether oxygens (including phenoxy) is 1. The van der Waals surface area contributed by atoms with E-state index in [2.05, 4.69) is 4.74 Å². The van der Waals surface area contributed by atoms with Crippen LogP contribution >= 0.6 is 0 Å². The molecule has 1 amide bonds. The van der Waals surface area contributed by atoms with Crippen LogP contribution in [-0.4, -0.2) is 23.4 Å². The van der Waals surface area contributed by atoms with Gasteiger partial charge in [-0.2, -0.15) is 0 Å². The second kappa shape index (κ2) is 5.71. The highest BCUT2D eigenvalue weighted by atomic mass is 19.1. The van der Waals surface area contributed by atoms with Gasteiger partial charge < -0.3 is 10.1 Å². The van der Waals surface area contributed by atoms with Crippen LogP contribution in [0.15, 0.2) is 18.2 Å². The number of nitro groups is 1. The first-order chi connectivity index (χ1) is 8.45. The first-order valence-corrected chi connectivity index (χ1v) is 4.87. The van der Waals surface area contributed by atoms with Crippen LogP contribution in [0.4, 0.5) is 15.8 Å². The van der Waals surface area contributed by atoms with E-state index in [1.165, 1.54) is 6.92 Å². The molecule has 0 aliphatic carbocycles. The SMILES string of the molecule is CCOC(=O)C(=O)Nc1ccc([N+](=O)[O-])cc1F. The van der Waals surface area contributed by atoms with E-state index in [1.807, 2.05) is 5.32 Å². The summed E-state index contributed by atoms with van der Waals surface area (Å²) < 4.78 is 17.7. The highest BCUT2D eigenvalue weighted by molar-refractivity contribution is 6.37. The summed E-state index contributed by atoms with van der Waals surface area (Å²) in [5.74, 6) is -3.32. The van der Waals surface area contributed by atoms with E-state index in [0.717, 1.165) is 12.1 Å². The van der Waals surface area contributed by atoms with Gasteiger partial charge in [0.25, 0.3) is 5.69 Å². The molecule has 0 fully saturated rings. The Balaban J connectivity index is 2.83. The first kappa shape index (κ1) is 13.6. The van der Waals surface area contributed by atoms with Gasteiger partial charge in [-0.1, -0.05) is 0 Å². The minimum Gasteiger partial charge on any atom is -0.459 e. The Kier molecular flexibility index (Phi) is 4.30. The third-order valence-corrected chi connectivity index (χ3v) is 1.87. The van der Waals surface area contributed by atoms with Crippen molar-refractivity contribution < 1.29 is 23.6 Å². The van der Waals surface area contributed by atoms with Gasteiger partial charge in [-0.05, 0) is 13.0 Å². The summed E-state index contributed by atoms with van der Waals surface area (Å²) in [7, 11) is 0. The molecule has 0 saturated heterocycles. The number of carbonyl (C=O) groups is 2. The topological polar surface area (TPSA) is 98.5 Å². The zero-order chi connectivity index (χ0) is 13.7. The largest absolute Gasteiger partial charge is 0.459 e. The molecule has 96 valence electrons. The van der Waals surface area contributed by atoms with Crippen LogP contribution in [0.25, 0.3) is 0 Å². The highest BCUT2D eigenvalue weighted by Gasteiger charge is 2.18. The Morgan fingerprint density at radius 1 is 1.50 bits per heavy atom. The van der Waals surface area contributed by atoms with Crippen molar-refractivity contribution in [2.24, 2.45) is 0 Å². The third kappa shape index (κ3) is 3.24. The number of carbonyl (C=O) groups excluding carboxylic acids is 2. The van der Waals surface area contributed by atoms with Crippen LogP contribution in [0.5, 0.6) is 0 Å². The molecule has 0 spiro atoms. The maximum absolute atomic E-state index is 13.3. The average Bonchev–Trinajstić information content (AvgIpc) is 2.31. The van der Waals surface area contributed by atoms with E-state index in [4.69, 9.17) is 0 Å². The highest BCUT2D eigenvalue weighted by Crippen LogP contribution is 2.20. The van der Waals surface area contributed by atoms with Gasteiger partial charge >= 0.3 is 11.9 Å². The lowest BCUT2D eigenvalue weighted by atomic mass is 10.2. The molecule has 0 unspecified atom stereocenters. The predicted octanol–water partition coefficient (Wildman–Crippen LogP) is 1.24. The molecule has 0 aliphatic rings. The van der Waals surface area contributed by atoms with Crippen LogP contribution in [0.2, 0.25) is 0 Å². The molecule has 0 radical (unpaired) electrons. The van der Waals surface area contributed by atoms with E-state index in [9.17, 15) is 24.1 Å². The fraction of sp³-hybridized carbons (Fsp3) is 0.200. The zero-order valence-electron chi connectivity index (χ0n) is 9.31. The quantitative estimate of drug-likeness (QED) is 0.379. The molecule has 18 heavy (non-hydrogen) atoms. The number of anilines is 1. The summed E-state index contributed by atoms with van der Waals surface area (Å²) in [6, 6.07) is 2.63. The smallest absolute Gasteiger partial charge is 0.397 e. The van der Waals surface area contributed by atoms with Crippen molar-refractivity contribution in [2.45, 2.75) is 6.92 Å². The summed E-state index contributed by atoms with van der Waals surface area (Å²) in [6.45, 7) is 1.52. The summed E-state index contributed by atoms with van der Waals surface area (Å²) >= 11 is 0. The second-order valence-corrected chi connectivity index (χ2v) is 3.10. The van der Waals surface area contributed by atoms with Crippen LogP contribution in [0, 0.1) is 15.9 Å². The molecule has 1 aromatic rings. The molecule has 7 nitrogen and oxygen atoms in total. The maximum Gasteiger partial charge on any atom is 0.397 e. The van der Waals surface area contributed by atoms with Crippen molar-refractivity contribution in [3.63, 3.8) is 0 Å². The van der Waals surface area contributed by atoms with Gasteiger partial charge in [0.1, 0.15) is 0 Å². The second-order valence-electron chi connectivity index (χ2n) is 3.10. The summed E-state index contributed by atoms with van der Waals surface area (Å²) in [5.41, 5.74) is -0.791. The molecule has 1 aromatic carbocycles. The number of non-ortho nitro benzene ring substituents is 1. The maximum atomic E-state index is 13.3. The van der Waals surface area contributed by atoms with Crippen LogP contribution < -0.4 is 5.32 Å². The first-order valence-electron chi connectivity index (χ1n) is 4.87. The molecule has 1 rings (SSSR count). The number of hydrogen-bond donors (Lipinski definition) is 1. The fourth-order valence-electron chi connectivity index (χ4n) is 1.09. The van der Waals surface area contributed by atoms with Gasteiger partial charge in [-0.25, -0.2) is 9.18 Å². The lowest BCUT2D eigenvalue weighted by Gasteiger charge is -2.05. The molecular formula is C10H9FN2O5. The zero-order valence-corrected chi connectivity index (χ0v) is 9.31. The van der Waals surface area contributed by atoms with Crippen molar-refractivity contribution in [3.05, 3.63) is 34.1 Å². The van der Waals surface area contributed by atoms with Crippen molar-refractivity contribution in [1.29, 1.82) is 0 Å². The van der Waals surface area contributed by atoms with E-state index in [1.54, 1.807) is 0 Å². The Bertz CT molecular complexity index is 503. The van der Waals surface area contributed by atoms with Crippen molar-refractivity contribution in [2.75, 3.05) is 11.9 Å². The monoisotopic (exact) mass is 256 g/mol. The number of rotatable bonds is 3. The molecule has 0 aromatic heterocycles. The summed E-state index contributed by atoms with van der Waals surface area (Å²) in [6.07, 6.45) is 0. The number of halogens is 1. The summed E-state index contributed by atoms with van der Waals surface area (Å²) in [4.78, 5) is 31.7. The van der Waals surface area contributed by atoms with Crippen molar-refractivity contribution in [3.8, 4) is 0 Å². The number of amides is 1. The molecule has 1 N–H and O–H groups in total. The van der Waals surface area contributed by atoms with E-state index < -0.39 is 28.3 Å². The standard InChI is InChI=1S/C10H9FN2O5/c1-2-18-10(15)9(14)12-8-4-3-6(13(16)17)5-7(8)11/h3-5H,2H2,1H3,(H,12,14). The van der Waals surface area contributed by atoms with Crippen LogP contribution in [0.3, 0.4) is 0 Å². The minimum absolute atomic E-state index is 0.00893. The van der Waals surface area contributed by atoms with Crippen molar-refractivity contribution >= 4 is 23.3 Å². The van der Waals surface area contributed by atoms with Gasteiger partial charge in [0.15, 0.2) is 5.82 Å². The number of nitro benzene ring substituents is 1. The van der Waals surface area contributed by atoms with Gasteiger partial charge in [-0.3, -0.25) is 14.9 Å². The normalized spacial score (nSPS) is 9.67. The average molecular weight is 256 g/mol. The minimum atomic E-state index is -1.16. The van der Waals surface area contributed by atoms with E-state index in [-0.39, 0.29) is 12.3 Å². The van der Waals surface area contributed by atoms with E-state index in [0.29, 0.717) is 6.07 Å². The molecular weight excluding hydrogens is 247 g/mol. The van der Waals surface area contributed by atoms with Gasteiger partial charge in [0.2, 0.25) is 0 Å². The number of nitrogens with one attached hydrogen (secondary N) is 1. The Morgan fingerprint density at radius 3 is 2.67 bits per heavy atom. The molecule has 0 atom stereocenters. The summed E-state index contributed by atoms with van der Waals surface area (Å²) in [5, 5.41) is 12.3. The lowest BCUT2D eigenvalue weighted by molar-refractivity contribution is -0.385. The number of nitrogens with zero attached hydrogens (tertiary/aromatic N) is 1. The number of esters is 1. The van der Waals surface area contributed by atoms with Gasteiger partial charge in [0.05, 0.1) is 23.3 Å². The number of benzene rings is 1. The van der Waals surface area contributed by atoms with Crippen LogP contribution in [-0.2, 0) is 14.3 Å². The third-order valence-electron chi connectivity index (χ3n) is 1.87.